The van der Waals surface area contributed by atoms with E-state index in [1.807, 2.05) is 0 Å². The van der Waals surface area contributed by atoms with Crippen molar-refractivity contribution in [3.8, 4) is 0 Å². The van der Waals surface area contributed by atoms with Crippen LogP contribution in [0.15, 0.2) is 36.4 Å². The largest absolute Gasteiger partial charge is 3.00 e. The summed E-state index contributed by atoms with van der Waals surface area (Å²) in [6.45, 7) is 16.3. The molecule has 2 aromatic carbocycles. The summed E-state index contributed by atoms with van der Waals surface area (Å²) in [5.74, 6) is 0. The van der Waals surface area contributed by atoms with Crippen LogP contribution in [0.4, 0.5) is 0 Å². The molecule has 0 fully saturated rings. The zero-order chi connectivity index (χ0) is 15.1. The molecule has 0 aliphatic rings. The molecule has 0 N–H and O–H groups in total. The van der Waals surface area contributed by atoms with Crippen molar-refractivity contribution in [2.75, 3.05) is 0 Å². The summed E-state index contributed by atoms with van der Waals surface area (Å²) in [5.41, 5.74) is 5.65. The second kappa shape index (κ2) is 8.56. The topological polar surface area (TPSA) is 0 Å². The van der Waals surface area contributed by atoms with E-state index in [4.69, 9.17) is 0 Å². The Morgan fingerprint density at radius 2 is 1.39 bits per heavy atom. The molecule has 0 unspecified atom stereocenters. The summed E-state index contributed by atoms with van der Waals surface area (Å²) in [4.78, 5) is 0. The van der Waals surface area contributed by atoms with Crippen LogP contribution >= 0.6 is 0 Å². The van der Waals surface area contributed by atoms with Crippen LogP contribution in [0.25, 0.3) is 0 Å². The Balaban J connectivity index is 0. The average Bonchev–Trinajstić information content (AvgIpc) is 2.76. The van der Waals surface area contributed by atoms with Crippen LogP contribution in [0.3, 0.4) is 0 Å². The van der Waals surface area contributed by atoms with Gasteiger partial charge in [-0.2, -0.15) is 12.1 Å². The molecular formula is C21H33SiTi. The van der Waals surface area contributed by atoms with E-state index in [-0.39, 0.29) is 42.0 Å². The molecule has 0 spiro atoms. The number of hydrogen-bond donors (Lipinski definition) is 0. The Kier molecular flexibility index (Phi) is 9.21. The van der Waals surface area contributed by atoms with Gasteiger partial charge in [-0.3, -0.25) is 0 Å². The minimum Gasteiger partial charge on any atom is -0.358 e. The molecule has 125 valence electrons. The van der Waals surface area contributed by atoms with Gasteiger partial charge in [-0.25, -0.2) is 11.3 Å². The minimum atomic E-state index is -1.21. The van der Waals surface area contributed by atoms with Gasteiger partial charge < -0.3 is 14.9 Å². The van der Waals surface area contributed by atoms with Crippen molar-refractivity contribution in [3.63, 3.8) is 0 Å². The third kappa shape index (κ3) is 5.52. The molecule has 0 saturated carbocycles. The van der Waals surface area contributed by atoms with E-state index >= 15 is 0 Å². The SMILES string of the molecule is Cc1cc(C)cc(C(C)(C)[c-]2ccc([Si](C)(C)C)c2)c1.[CH3-].[CH3-].[Ti+3]. The standard InChI is InChI=1S/C19H27Si.2CH3.Ti/c1-14-10-15(2)12-17(11-14)19(3,4)16-8-9-18(13-16)20(5,6)7;;;/h8-13H,1-7H3;2*1H3;/q3*-1;+3. The van der Waals surface area contributed by atoms with Gasteiger partial charge >= 0.3 is 21.7 Å². The minimum absolute atomic E-state index is 0. The van der Waals surface area contributed by atoms with Gasteiger partial charge in [0, 0.05) is 8.07 Å². The van der Waals surface area contributed by atoms with Crippen LogP contribution in [0.1, 0.15) is 36.1 Å². The van der Waals surface area contributed by atoms with Gasteiger partial charge in [0.2, 0.25) is 0 Å². The Morgan fingerprint density at radius 1 is 0.913 bits per heavy atom. The predicted octanol–water partition coefficient (Wildman–Crippen LogP) is 5.79. The quantitative estimate of drug-likeness (QED) is 0.479. The first-order chi connectivity index (χ1) is 9.10. The summed E-state index contributed by atoms with van der Waals surface area (Å²) in [5, 5.41) is 1.56. The first kappa shape index (κ1) is 24.7. The summed E-state index contributed by atoms with van der Waals surface area (Å²) < 4.78 is 0. The fourth-order valence-electron chi connectivity index (χ4n) is 2.80. The van der Waals surface area contributed by atoms with Crippen LogP contribution in [-0.4, -0.2) is 8.07 Å². The third-order valence-corrected chi connectivity index (χ3v) is 6.33. The molecule has 2 heteroatoms. The van der Waals surface area contributed by atoms with Crippen LogP contribution in [0, 0.1) is 28.7 Å². The van der Waals surface area contributed by atoms with Gasteiger partial charge in [-0.15, -0.1) is 5.56 Å². The van der Waals surface area contributed by atoms with E-state index in [1.165, 1.54) is 22.3 Å². The average molecular weight is 361 g/mol. The van der Waals surface area contributed by atoms with E-state index in [1.54, 1.807) is 5.19 Å². The summed E-state index contributed by atoms with van der Waals surface area (Å²) in [6, 6.07) is 14.0. The van der Waals surface area contributed by atoms with Crippen molar-refractivity contribution in [1.82, 2.24) is 0 Å². The molecule has 23 heavy (non-hydrogen) atoms. The van der Waals surface area contributed by atoms with Crippen LogP contribution in [-0.2, 0) is 27.1 Å². The molecular weight excluding hydrogens is 328 g/mol. The van der Waals surface area contributed by atoms with Gasteiger partial charge in [0.1, 0.15) is 0 Å². The molecule has 0 bridgehead atoms. The van der Waals surface area contributed by atoms with Crippen molar-refractivity contribution < 1.29 is 21.7 Å². The van der Waals surface area contributed by atoms with Crippen molar-refractivity contribution >= 4 is 13.3 Å². The molecule has 0 nitrogen and oxygen atoms in total. The van der Waals surface area contributed by atoms with E-state index in [2.05, 4.69) is 83.7 Å². The molecule has 2 rings (SSSR count). The second-order valence-electron chi connectivity index (χ2n) is 7.64. The number of benzene rings is 1. The zero-order valence-corrected chi connectivity index (χ0v) is 19.0. The maximum absolute atomic E-state index is 2.43. The number of aryl methyl sites for hydroxylation is 2. The first-order valence-corrected chi connectivity index (χ1v) is 11.0. The van der Waals surface area contributed by atoms with Crippen LogP contribution in [0.5, 0.6) is 0 Å². The molecule has 0 heterocycles. The van der Waals surface area contributed by atoms with Crippen molar-refractivity contribution in [2.24, 2.45) is 0 Å². The summed E-state index contributed by atoms with van der Waals surface area (Å²) in [6.07, 6.45) is 0. The van der Waals surface area contributed by atoms with Gasteiger partial charge in [-0.05, 0) is 24.8 Å². The molecule has 1 radical (unpaired) electrons. The van der Waals surface area contributed by atoms with E-state index in [0.29, 0.717) is 0 Å². The third-order valence-electron chi connectivity index (χ3n) is 4.28. The molecule has 0 saturated heterocycles. The van der Waals surface area contributed by atoms with Gasteiger partial charge in [-0.1, -0.05) is 62.8 Å². The number of rotatable bonds is 3. The molecule has 0 aliphatic heterocycles. The smallest absolute Gasteiger partial charge is 0.358 e. The summed E-state index contributed by atoms with van der Waals surface area (Å²) in [7, 11) is -1.21. The Hall–Kier alpha value is -0.499. The maximum Gasteiger partial charge on any atom is 3.00 e. The first-order valence-electron chi connectivity index (χ1n) is 7.47. The molecule has 0 atom stereocenters. The Morgan fingerprint density at radius 3 is 1.78 bits per heavy atom. The van der Waals surface area contributed by atoms with Crippen molar-refractivity contribution in [3.05, 3.63) is 73.5 Å². The molecule has 0 aromatic heterocycles. The predicted molar refractivity (Wildman–Crippen MR) is 106 cm³/mol. The fraction of sp³-hybridized carbons (Fsp3) is 0.381. The maximum atomic E-state index is 2.43. The summed E-state index contributed by atoms with van der Waals surface area (Å²) >= 11 is 0. The molecule has 2 aromatic rings. The van der Waals surface area contributed by atoms with E-state index < -0.39 is 8.07 Å². The van der Waals surface area contributed by atoms with Crippen LogP contribution < -0.4 is 5.19 Å². The second-order valence-corrected chi connectivity index (χ2v) is 12.7. The van der Waals surface area contributed by atoms with Gasteiger partial charge in [0.05, 0.1) is 0 Å². The molecule has 0 aliphatic carbocycles. The monoisotopic (exact) mass is 361 g/mol. The van der Waals surface area contributed by atoms with Crippen LogP contribution in [0.2, 0.25) is 19.6 Å². The normalized spacial score (nSPS) is 11.1. The van der Waals surface area contributed by atoms with Gasteiger partial charge in [0.15, 0.2) is 0 Å². The Labute approximate surface area is 161 Å². The van der Waals surface area contributed by atoms with Crippen molar-refractivity contribution in [1.29, 1.82) is 0 Å². The van der Waals surface area contributed by atoms with E-state index in [0.717, 1.165) is 0 Å². The van der Waals surface area contributed by atoms with Crippen molar-refractivity contribution in [2.45, 2.75) is 52.8 Å². The Bertz CT molecular complexity index is 595. The number of hydrogen-bond acceptors (Lipinski definition) is 0. The fourth-order valence-corrected chi connectivity index (χ4v) is 3.97. The van der Waals surface area contributed by atoms with E-state index in [9.17, 15) is 0 Å². The molecule has 0 amide bonds. The zero-order valence-electron chi connectivity index (χ0n) is 16.5. The van der Waals surface area contributed by atoms with Gasteiger partial charge in [0.25, 0.3) is 0 Å².